The minimum absolute atomic E-state index is 0. The van der Waals surface area contributed by atoms with Crippen LogP contribution in [0, 0.1) is 6.92 Å². The molecule has 0 aromatic heterocycles. The van der Waals surface area contributed by atoms with Crippen LogP contribution in [0.5, 0.6) is 0 Å². The summed E-state index contributed by atoms with van der Waals surface area (Å²) in [6.45, 7) is 1.84. The van der Waals surface area contributed by atoms with Crippen molar-refractivity contribution in [2.75, 3.05) is 0 Å². The van der Waals surface area contributed by atoms with Gasteiger partial charge in [0.05, 0.1) is 4.90 Å². The zero-order valence-electron chi connectivity index (χ0n) is 6.30. The Labute approximate surface area is 85.8 Å². The van der Waals surface area contributed by atoms with Crippen molar-refractivity contribution in [1.29, 1.82) is 0 Å². The molecule has 0 unspecified atom stereocenters. The Kier molecular flexibility index (Phi) is 4.10. The summed E-state index contributed by atoms with van der Waals surface area (Å²) in [6, 6.07) is 5.99. The van der Waals surface area contributed by atoms with E-state index in [4.69, 9.17) is 4.55 Å². The van der Waals surface area contributed by atoms with Gasteiger partial charge in [0.2, 0.25) is 0 Å². The fraction of sp³-hybridized carbons (Fsp3) is 0.143. The molecule has 0 saturated carbocycles. The van der Waals surface area contributed by atoms with Crippen LogP contribution in [0.1, 0.15) is 5.56 Å². The Morgan fingerprint density at radius 2 is 1.58 bits per heavy atom. The van der Waals surface area contributed by atoms with Gasteiger partial charge in [0.25, 0.3) is 10.1 Å². The Balaban J connectivity index is 0.00000121. The maximum atomic E-state index is 10.5. The van der Waals surface area contributed by atoms with Crippen LogP contribution in [0.25, 0.3) is 0 Å². The van der Waals surface area contributed by atoms with Crippen molar-refractivity contribution in [2.24, 2.45) is 0 Å². The molecule has 0 radical (unpaired) electrons. The Bertz CT molecular complexity index is 341. The summed E-state index contributed by atoms with van der Waals surface area (Å²) in [5.41, 5.74) is 0.956. The topological polar surface area (TPSA) is 54.4 Å². The Morgan fingerprint density at radius 1 is 1.17 bits per heavy atom. The van der Waals surface area contributed by atoms with Gasteiger partial charge in [0.1, 0.15) is 0 Å². The summed E-state index contributed by atoms with van der Waals surface area (Å²) in [5, 5.41) is 0. The van der Waals surface area contributed by atoms with Gasteiger partial charge in [-0.15, -0.1) is 0 Å². The smallest absolute Gasteiger partial charge is 0.282 e. The summed E-state index contributed by atoms with van der Waals surface area (Å²) in [5.74, 6) is 0. The van der Waals surface area contributed by atoms with Crippen LogP contribution in [-0.2, 0) is 31.2 Å². The van der Waals surface area contributed by atoms with Gasteiger partial charge in [0.15, 0.2) is 0 Å². The minimum Gasteiger partial charge on any atom is -0.282 e. The summed E-state index contributed by atoms with van der Waals surface area (Å²) in [6.07, 6.45) is 0. The second-order valence-electron chi connectivity index (χ2n) is 2.29. The van der Waals surface area contributed by atoms with E-state index >= 15 is 0 Å². The van der Waals surface area contributed by atoms with Gasteiger partial charge in [-0.05, 0) is 19.1 Å². The molecule has 0 fully saturated rings. The number of hydrogen-bond donors (Lipinski definition) is 1. The number of rotatable bonds is 1. The molecule has 0 amide bonds. The van der Waals surface area contributed by atoms with Crippen molar-refractivity contribution < 1.29 is 34.0 Å². The van der Waals surface area contributed by atoms with E-state index in [9.17, 15) is 8.42 Å². The first-order valence-corrected chi connectivity index (χ1v) is 4.48. The van der Waals surface area contributed by atoms with E-state index in [0.717, 1.165) is 5.56 Å². The first-order chi connectivity index (χ1) is 5.00. The van der Waals surface area contributed by atoms with Crippen LogP contribution in [0.15, 0.2) is 29.2 Å². The maximum Gasteiger partial charge on any atom is 0.294 e. The largest absolute Gasteiger partial charge is 0.294 e. The SMILES string of the molecule is Cc1ccc(S(=O)(=O)O)cc1.[Pt]. The van der Waals surface area contributed by atoms with Crippen LogP contribution < -0.4 is 0 Å². The third kappa shape index (κ3) is 3.05. The molecular weight excluding hydrogens is 359 g/mol. The van der Waals surface area contributed by atoms with Crippen LogP contribution in [0.2, 0.25) is 0 Å². The zero-order valence-corrected chi connectivity index (χ0v) is 9.39. The van der Waals surface area contributed by atoms with Gasteiger partial charge < -0.3 is 0 Å². The van der Waals surface area contributed by atoms with Crippen molar-refractivity contribution in [3.8, 4) is 0 Å². The van der Waals surface area contributed by atoms with Gasteiger partial charge in [-0.3, -0.25) is 4.55 Å². The average molecular weight is 367 g/mol. The van der Waals surface area contributed by atoms with E-state index in [1.165, 1.54) is 12.1 Å². The fourth-order valence-corrected chi connectivity index (χ4v) is 1.19. The number of benzene rings is 1. The van der Waals surface area contributed by atoms with E-state index in [0.29, 0.717) is 0 Å². The Morgan fingerprint density at radius 3 is 1.92 bits per heavy atom. The Hall–Kier alpha value is -0.182. The molecular formula is C7H8O3PtS. The zero-order chi connectivity index (χ0) is 8.48. The van der Waals surface area contributed by atoms with Gasteiger partial charge >= 0.3 is 0 Å². The first kappa shape index (κ1) is 11.8. The van der Waals surface area contributed by atoms with E-state index in [1.807, 2.05) is 6.92 Å². The molecule has 0 bridgehead atoms. The molecule has 0 aliphatic heterocycles. The van der Waals surface area contributed by atoms with E-state index < -0.39 is 10.1 Å². The molecule has 0 aliphatic carbocycles. The molecule has 0 spiro atoms. The second-order valence-corrected chi connectivity index (χ2v) is 3.71. The molecule has 1 aromatic carbocycles. The first-order valence-electron chi connectivity index (χ1n) is 3.04. The van der Waals surface area contributed by atoms with Gasteiger partial charge in [0, 0.05) is 21.1 Å². The normalized spacial score (nSPS) is 10.5. The van der Waals surface area contributed by atoms with E-state index in [-0.39, 0.29) is 26.0 Å². The summed E-state index contributed by atoms with van der Waals surface area (Å²) in [7, 11) is -4.02. The standard InChI is InChI=1S/C7H8O3S.Pt/c1-6-2-4-7(5-3-6)11(8,9)10;/h2-5H,1H3,(H,8,9,10);. The van der Waals surface area contributed by atoms with Crippen molar-refractivity contribution in [2.45, 2.75) is 11.8 Å². The average Bonchev–Trinajstić information content (AvgIpc) is 1.86. The van der Waals surface area contributed by atoms with Crippen LogP contribution in [0.4, 0.5) is 0 Å². The van der Waals surface area contributed by atoms with E-state index in [1.54, 1.807) is 12.1 Å². The van der Waals surface area contributed by atoms with Gasteiger partial charge in [-0.1, -0.05) is 17.7 Å². The predicted molar refractivity (Wildman–Crippen MR) is 41.0 cm³/mol. The van der Waals surface area contributed by atoms with Crippen molar-refractivity contribution in [1.82, 2.24) is 0 Å². The molecule has 0 aliphatic rings. The molecule has 0 saturated heterocycles. The summed E-state index contributed by atoms with van der Waals surface area (Å²) < 4.78 is 29.6. The fourth-order valence-electron chi connectivity index (χ4n) is 0.710. The molecule has 12 heavy (non-hydrogen) atoms. The number of hydrogen-bond acceptors (Lipinski definition) is 2. The molecule has 1 aromatic rings. The molecule has 3 nitrogen and oxygen atoms in total. The van der Waals surface area contributed by atoms with Crippen molar-refractivity contribution >= 4 is 10.1 Å². The minimum atomic E-state index is -4.02. The summed E-state index contributed by atoms with van der Waals surface area (Å²) >= 11 is 0. The third-order valence-electron chi connectivity index (χ3n) is 1.32. The molecule has 1 rings (SSSR count). The van der Waals surface area contributed by atoms with Crippen LogP contribution >= 0.6 is 0 Å². The monoisotopic (exact) mass is 367 g/mol. The van der Waals surface area contributed by atoms with Crippen molar-refractivity contribution in [3.63, 3.8) is 0 Å². The molecule has 0 heterocycles. The molecule has 70 valence electrons. The van der Waals surface area contributed by atoms with Crippen LogP contribution in [-0.4, -0.2) is 13.0 Å². The molecule has 1 N–H and O–H groups in total. The quantitative estimate of drug-likeness (QED) is 0.760. The second kappa shape index (κ2) is 4.17. The maximum absolute atomic E-state index is 10.5. The predicted octanol–water partition coefficient (Wildman–Crippen LogP) is 1.24. The third-order valence-corrected chi connectivity index (χ3v) is 2.19. The number of aryl methyl sites for hydroxylation is 1. The van der Waals surface area contributed by atoms with Crippen molar-refractivity contribution in [3.05, 3.63) is 29.8 Å². The van der Waals surface area contributed by atoms with Crippen LogP contribution in [0.3, 0.4) is 0 Å². The van der Waals surface area contributed by atoms with Gasteiger partial charge in [-0.2, -0.15) is 8.42 Å². The molecule has 5 heteroatoms. The van der Waals surface area contributed by atoms with Gasteiger partial charge in [-0.25, -0.2) is 0 Å². The molecule has 0 atom stereocenters. The summed E-state index contributed by atoms with van der Waals surface area (Å²) in [4.78, 5) is -0.0666. The van der Waals surface area contributed by atoms with E-state index in [2.05, 4.69) is 0 Å².